The maximum atomic E-state index is 9.86. The number of aliphatic hydroxyl groups is 1. The zero-order valence-electron chi connectivity index (χ0n) is 13.8. The molecule has 0 spiro atoms. The van der Waals surface area contributed by atoms with Crippen molar-refractivity contribution in [1.82, 2.24) is 10.2 Å². The van der Waals surface area contributed by atoms with Gasteiger partial charge in [-0.2, -0.15) is 0 Å². The van der Waals surface area contributed by atoms with Crippen LogP contribution in [0.15, 0.2) is 0 Å². The highest BCUT2D eigenvalue weighted by Gasteiger charge is 2.37. The van der Waals surface area contributed by atoms with E-state index in [4.69, 9.17) is 0 Å². The summed E-state index contributed by atoms with van der Waals surface area (Å²) < 4.78 is 0. The molecule has 3 rings (SSSR count). The summed E-state index contributed by atoms with van der Waals surface area (Å²) in [6.07, 6.45) is 13.3. The smallest absolute Gasteiger partial charge is 0.0613 e. The molecule has 3 nitrogen and oxygen atoms in total. The molecule has 3 aliphatic rings. The summed E-state index contributed by atoms with van der Waals surface area (Å²) in [7, 11) is 0. The van der Waals surface area contributed by atoms with Crippen LogP contribution in [-0.4, -0.2) is 47.3 Å². The van der Waals surface area contributed by atoms with Crippen LogP contribution >= 0.6 is 0 Å². The maximum Gasteiger partial charge on any atom is 0.0613 e. The summed E-state index contributed by atoms with van der Waals surface area (Å²) in [5.74, 6) is 0.997. The monoisotopic (exact) mass is 294 g/mol. The van der Waals surface area contributed by atoms with Crippen LogP contribution in [0.25, 0.3) is 0 Å². The highest BCUT2D eigenvalue weighted by Crippen LogP contribution is 2.36. The molecule has 1 saturated heterocycles. The molecule has 3 unspecified atom stereocenters. The van der Waals surface area contributed by atoms with E-state index in [0.29, 0.717) is 12.6 Å². The van der Waals surface area contributed by atoms with Crippen molar-refractivity contribution in [2.45, 2.75) is 88.8 Å². The standard InChI is InChI=1S/C18H34N2O/c1-2-18(14-21,19-16-8-9-16)11-5-12-20-13-10-15-6-3-4-7-17(15)20/h15-17,19,21H,2-14H2,1H3. The molecular formula is C18H34N2O. The Bertz CT molecular complexity index is 325. The van der Waals surface area contributed by atoms with Crippen molar-refractivity contribution < 1.29 is 5.11 Å². The molecule has 2 N–H and O–H groups in total. The van der Waals surface area contributed by atoms with Gasteiger partial charge in [0.15, 0.2) is 0 Å². The summed E-state index contributed by atoms with van der Waals surface area (Å²) in [4.78, 5) is 2.76. The Morgan fingerprint density at radius 1 is 1.14 bits per heavy atom. The summed E-state index contributed by atoms with van der Waals surface area (Å²) in [5.41, 5.74) is -0.00709. The average Bonchev–Trinajstić information content (AvgIpc) is 3.25. The van der Waals surface area contributed by atoms with E-state index >= 15 is 0 Å². The number of fused-ring (bicyclic) bond motifs is 1. The Kier molecular flexibility index (Phi) is 5.23. The zero-order valence-corrected chi connectivity index (χ0v) is 13.8. The van der Waals surface area contributed by atoms with Crippen molar-refractivity contribution >= 4 is 0 Å². The van der Waals surface area contributed by atoms with E-state index in [0.717, 1.165) is 24.8 Å². The van der Waals surface area contributed by atoms with Gasteiger partial charge in [0, 0.05) is 17.6 Å². The minimum absolute atomic E-state index is 0.00709. The molecule has 1 heterocycles. The lowest BCUT2D eigenvalue weighted by molar-refractivity contribution is 0.129. The Labute approximate surface area is 130 Å². The normalized spacial score (nSPS) is 32.9. The van der Waals surface area contributed by atoms with Crippen LogP contribution in [0.5, 0.6) is 0 Å². The molecule has 3 heteroatoms. The Hall–Kier alpha value is -0.120. The molecule has 0 aromatic carbocycles. The number of likely N-dealkylation sites (tertiary alicyclic amines) is 1. The highest BCUT2D eigenvalue weighted by atomic mass is 16.3. The van der Waals surface area contributed by atoms with E-state index in [1.807, 2.05) is 0 Å². The van der Waals surface area contributed by atoms with Crippen molar-refractivity contribution in [3.8, 4) is 0 Å². The number of hydrogen-bond donors (Lipinski definition) is 2. The van der Waals surface area contributed by atoms with Crippen LogP contribution in [0.1, 0.15) is 71.1 Å². The Morgan fingerprint density at radius 2 is 1.95 bits per heavy atom. The largest absolute Gasteiger partial charge is 0.394 e. The molecule has 1 aliphatic heterocycles. The first kappa shape index (κ1) is 15.8. The molecule has 2 aliphatic carbocycles. The van der Waals surface area contributed by atoms with Gasteiger partial charge in [0.1, 0.15) is 0 Å². The van der Waals surface area contributed by atoms with Gasteiger partial charge in [0.25, 0.3) is 0 Å². The first-order valence-electron chi connectivity index (χ1n) is 9.39. The van der Waals surface area contributed by atoms with Gasteiger partial charge in [-0.25, -0.2) is 0 Å². The second-order valence-corrected chi connectivity index (χ2v) is 7.75. The van der Waals surface area contributed by atoms with Crippen LogP contribution in [0.3, 0.4) is 0 Å². The maximum absolute atomic E-state index is 9.86. The van der Waals surface area contributed by atoms with Crippen molar-refractivity contribution in [3.05, 3.63) is 0 Å². The quantitative estimate of drug-likeness (QED) is 0.722. The molecule has 3 atom stereocenters. The molecule has 3 fully saturated rings. The molecule has 0 amide bonds. The fourth-order valence-electron chi connectivity index (χ4n) is 4.65. The highest BCUT2D eigenvalue weighted by molar-refractivity contribution is 4.95. The lowest BCUT2D eigenvalue weighted by Crippen LogP contribution is -2.49. The number of hydrogen-bond acceptors (Lipinski definition) is 3. The van der Waals surface area contributed by atoms with Gasteiger partial charge in [0.2, 0.25) is 0 Å². The van der Waals surface area contributed by atoms with Crippen LogP contribution < -0.4 is 5.32 Å². The summed E-state index contributed by atoms with van der Waals surface area (Å²) in [6.45, 7) is 5.09. The summed E-state index contributed by atoms with van der Waals surface area (Å²) in [5, 5.41) is 13.6. The lowest BCUT2D eigenvalue weighted by Gasteiger charge is -2.35. The number of nitrogens with one attached hydrogen (secondary N) is 1. The Morgan fingerprint density at radius 3 is 2.67 bits per heavy atom. The third-order valence-electron chi connectivity index (χ3n) is 6.29. The van der Waals surface area contributed by atoms with Crippen molar-refractivity contribution in [3.63, 3.8) is 0 Å². The van der Waals surface area contributed by atoms with Crippen molar-refractivity contribution in [2.24, 2.45) is 5.92 Å². The molecule has 0 radical (unpaired) electrons. The van der Waals surface area contributed by atoms with Gasteiger partial charge < -0.3 is 15.3 Å². The average molecular weight is 294 g/mol. The summed E-state index contributed by atoms with van der Waals surface area (Å²) >= 11 is 0. The van der Waals surface area contributed by atoms with Crippen LogP contribution in [0.4, 0.5) is 0 Å². The third kappa shape index (κ3) is 3.80. The van der Waals surface area contributed by atoms with Crippen molar-refractivity contribution in [1.29, 1.82) is 0 Å². The van der Waals surface area contributed by atoms with E-state index in [2.05, 4.69) is 17.1 Å². The van der Waals surface area contributed by atoms with E-state index in [9.17, 15) is 5.11 Å². The fraction of sp³-hybridized carbons (Fsp3) is 1.00. The minimum atomic E-state index is -0.00709. The lowest BCUT2D eigenvalue weighted by atomic mass is 9.85. The van der Waals surface area contributed by atoms with Gasteiger partial charge in [-0.3, -0.25) is 0 Å². The van der Waals surface area contributed by atoms with E-state index < -0.39 is 0 Å². The third-order valence-corrected chi connectivity index (χ3v) is 6.29. The van der Waals surface area contributed by atoms with E-state index in [1.165, 1.54) is 64.5 Å². The molecule has 21 heavy (non-hydrogen) atoms. The number of nitrogens with zero attached hydrogens (tertiary/aromatic N) is 1. The topological polar surface area (TPSA) is 35.5 Å². The van der Waals surface area contributed by atoms with Gasteiger partial charge in [-0.15, -0.1) is 0 Å². The number of rotatable bonds is 8. The SMILES string of the molecule is CCC(CO)(CCCN1CCC2CCCCC21)NC1CC1. The van der Waals surface area contributed by atoms with Crippen LogP contribution in [-0.2, 0) is 0 Å². The van der Waals surface area contributed by atoms with Gasteiger partial charge >= 0.3 is 0 Å². The van der Waals surface area contributed by atoms with Crippen LogP contribution in [0.2, 0.25) is 0 Å². The first-order valence-corrected chi connectivity index (χ1v) is 9.39. The minimum Gasteiger partial charge on any atom is -0.394 e. The molecule has 0 aromatic heterocycles. The molecular weight excluding hydrogens is 260 g/mol. The molecule has 122 valence electrons. The fourth-order valence-corrected chi connectivity index (χ4v) is 4.65. The predicted octanol–water partition coefficient (Wildman–Crippen LogP) is 2.92. The van der Waals surface area contributed by atoms with Gasteiger partial charge in [0.05, 0.1) is 6.61 Å². The van der Waals surface area contributed by atoms with Crippen LogP contribution in [0, 0.1) is 5.92 Å². The van der Waals surface area contributed by atoms with E-state index in [-0.39, 0.29) is 5.54 Å². The van der Waals surface area contributed by atoms with Gasteiger partial charge in [-0.05, 0) is 70.4 Å². The number of aliphatic hydroxyl groups excluding tert-OH is 1. The van der Waals surface area contributed by atoms with E-state index in [1.54, 1.807) is 0 Å². The van der Waals surface area contributed by atoms with Gasteiger partial charge in [-0.1, -0.05) is 19.8 Å². The molecule has 2 saturated carbocycles. The molecule has 0 aromatic rings. The second-order valence-electron chi connectivity index (χ2n) is 7.75. The predicted molar refractivity (Wildman–Crippen MR) is 87.4 cm³/mol. The Balaban J connectivity index is 1.45. The van der Waals surface area contributed by atoms with Crippen molar-refractivity contribution in [2.75, 3.05) is 19.7 Å². The summed E-state index contributed by atoms with van der Waals surface area (Å²) in [6, 6.07) is 1.58. The zero-order chi connectivity index (χ0) is 14.7. The molecule has 0 bridgehead atoms. The first-order chi connectivity index (χ1) is 10.3. The second kappa shape index (κ2) is 6.97.